The molecule has 0 aliphatic rings. The summed E-state index contributed by atoms with van der Waals surface area (Å²) in [5.74, 6) is 0.791. The molecule has 0 heterocycles. The molecule has 0 radical (unpaired) electrons. The van der Waals surface area contributed by atoms with Gasteiger partial charge in [-0.25, -0.2) is 4.79 Å². The molecule has 0 aliphatic carbocycles. The van der Waals surface area contributed by atoms with Gasteiger partial charge in [0.2, 0.25) is 0 Å². The molecule has 2 N–H and O–H groups in total. The van der Waals surface area contributed by atoms with E-state index in [2.05, 4.69) is 17.0 Å². The van der Waals surface area contributed by atoms with E-state index in [-0.39, 0.29) is 5.30 Å². The quantitative estimate of drug-likeness (QED) is 0.540. The number of aliphatic hydroxyl groups is 2. The molecule has 0 aromatic rings. The fourth-order valence-corrected chi connectivity index (χ4v) is 0.714. The predicted molar refractivity (Wildman–Crippen MR) is 53.0 cm³/mol. The maximum Gasteiger partial charge on any atom is 0.367 e. The molecule has 0 bridgehead atoms. The van der Waals surface area contributed by atoms with Crippen LogP contribution in [0.5, 0.6) is 0 Å². The molecule has 0 aromatic carbocycles. The Labute approximate surface area is 80.9 Å². The van der Waals surface area contributed by atoms with Crippen LogP contribution in [0.4, 0.5) is 4.79 Å². The van der Waals surface area contributed by atoms with E-state index in [0.29, 0.717) is 6.61 Å². The van der Waals surface area contributed by atoms with Crippen LogP contribution in [0.25, 0.3) is 0 Å². The number of hydrogen-bond acceptors (Lipinski definition) is 4. The van der Waals surface area contributed by atoms with E-state index < -0.39 is 5.24 Å². The van der Waals surface area contributed by atoms with Gasteiger partial charge in [-0.1, -0.05) is 6.92 Å². The van der Waals surface area contributed by atoms with E-state index in [1.807, 2.05) is 6.92 Å². The molecular formula is C6H12O4S2. The standard InChI is InChI=1S/C5H10O2S.CH2O2S/c1-3-7-5(6)8-4-2;2-1(3)4/h3-4H2,1-2H3;(H2,2,3,4). The first-order chi connectivity index (χ1) is 5.54. The van der Waals surface area contributed by atoms with Gasteiger partial charge in [0.05, 0.1) is 6.61 Å². The largest absolute Gasteiger partial charge is 0.473 e. The van der Waals surface area contributed by atoms with E-state index in [4.69, 9.17) is 10.2 Å². The average Bonchev–Trinajstić information content (AvgIpc) is 1.87. The van der Waals surface area contributed by atoms with Gasteiger partial charge in [-0.15, -0.1) is 0 Å². The Hall–Kier alpha value is -0.490. The summed E-state index contributed by atoms with van der Waals surface area (Å²) < 4.78 is 4.61. The zero-order valence-electron chi connectivity index (χ0n) is 6.94. The van der Waals surface area contributed by atoms with Crippen molar-refractivity contribution in [3.8, 4) is 0 Å². The Morgan fingerprint density at radius 1 is 1.50 bits per heavy atom. The lowest BCUT2D eigenvalue weighted by molar-refractivity contribution is 0.181. The first-order valence-electron chi connectivity index (χ1n) is 3.26. The minimum absolute atomic E-state index is 0.171. The molecule has 4 nitrogen and oxygen atoms in total. The molecule has 0 aromatic heterocycles. The van der Waals surface area contributed by atoms with Crippen LogP contribution in [0.2, 0.25) is 0 Å². The third-order valence-electron chi connectivity index (χ3n) is 0.524. The molecule has 0 atom stereocenters. The van der Waals surface area contributed by atoms with E-state index in [0.717, 1.165) is 5.75 Å². The van der Waals surface area contributed by atoms with Crippen LogP contribution in [0, 0.1) is 0 Å². The maximum absolute atomic E-state index is 10.4. The number of thioether (sulfide) groups is 1. The van der Waals surface area contributed by atoms with Gasteiger partial charge in [-0.3, -0.25) is 0 Å². The van der Waals surface area contributed by atoms with Crippen molar-refractivity contribution in [1.29, 1.82) is 0 Å². The van der Waals surface area contributed by atoms with Gasteiger partial charge in [0, 0.05) is 18.0 Å². The van der Waals surface area contributed by atoms with E-state index >= 15 is 0 Å². The van der Waals surface area contributed by atoms with Crippen LogP contribution >= 0.6 is 24.0 Å². The predicted octanol–water partition coefficient (Wildman–Crippen LogP) is 2.28. The molecule has 12 heavy (non-hydrogen) atoms. The van der Waals surface area contributed by atoms with Gasteiger partial charge in [-0.2, -0.15) is 0 Å². The van der Waals surface area contributed by atoms with Crippen molar-refractivity contribution >= 4 is 34.5 Å². The summed E-state index contributed by atoms with van der Waals surface area (Å²) in [4.78, 5) is 10.4. The van der Waals surface area contributed by atoms with Crippen LogP contribution in [-0.2, 0) is 4.74 Å². The van der Waals surface area contributed by atoms with Crippen LogP contribution in [0.1, 0.15) is 13.8 Å². The lowest BCUT2D eigenvalue weighted by atomic mass is 10.9. The monoisotopic (exact) mass is 212 g/mol. The Morgan fingerprint density at radius 3 is 2.17 bits per heavy atom. The Bertz CT molecular complexity index is 126. The van der Waals surface area contributed by atoms with Crippen molar-refractivity contribution in [1.82, 2.24) is 0 Å². The highest BCUT2D eigenvalue weighted by Crippen LogP contribution is 2.02. The lowest BCUT2D eigenvalue weighted by Crippen LogP contribution is -1.95. The molecule has 0 aliphatic heterocycles. The van der Waals surface area contributed by atoms with Gasteiger partial charge >= 0.3 is 10.5 Å². The van der Waals surface area contributed by atoms with Crippen molar-refractivity contribution in [3.05, 3.63) is 0 Å². The number of ether oxygens (including phenoxy) is 1. The molecule has 0 saturated carbocycles. The first-order valence-corrected chi connectivity index (χ1v) is 4.65. The molecule has 0 spiro atoms. The molecule has 0 amide bonds. The molecule has 0 fully saturated rings. The summed E-state index contributed by atoms with van der Waals surface area (Å²) in [6.45, 7) is 4.20. The number of thiocarbonyl (C=S) groups is 1. The fourth-order valence-electron chi connectivity index (χ4n) is 0.277. The van der Waals surface area contributed by atoms with Crippen LogP contribution in [0.15, 0.2) is 0 Å². The normalized spacial score (nSPS) is 7.83. The summed E-state index contributed by atoms with van der Waals surface area (Å²) in [6.07, 6.45) is 0. The summed E-state index contributed by atoms with van der Waals surface area (Å²) in [6, 6.07) is 0. The minimum Gasteiger partial charge on any atom is -0.473 e. The highest BCUT2D eigenvalue weighted by molar-refractivity contribution is 8.13. The number of aliphatic hydroxyl groups excluding tert-OH is 1. The van der Waals surface area contributed by atoms with E-state index in [1.54, 1.807) is 6.92 Å². The van der Waals surface area contributed by atoms with Gasteiger partial charge in [0.1, 0.15) is 0 Å². The second-order valence-electron chi connectivity index (χ2n) is 1.40. The molecule has 6 heteroatoms. The van der Waals surface area contributed by atoms with Gasteiger partial charge in [-0.05, 0) is 18.7 Å². The minimum atomic E-state index is -1.000. The SMILES string of the molecule is CCOC(=O)SCC.OC(O)=S. The zero-order chi connectivity index (χ0) is 9.98. The third kappa shape index (κ3) is 22.7. The summed E-state index contributed by atoms with van der Waals surface area (Å²) >= 11 is 4.84. The van der Waals surface area contributed by atoms with Crippen LogP contribution in [0.3, 0.4) is 0 Å². The lowest BCUT2D eigenvalue weighted by Gasteiger charge is -1.95. The fraction of sp³-hybridized carbons (Fsp3) is 0.667. The molecule has 0 unspecified atom stereocenters. The Morgan fingerprint density at radius 2 is 1.92 bits per heavy atom. The van der Waals surface area contributed by atoms with Gasteiger partial charge < -0.3 is 14.9 Å². The first kappa shape index (κ1) is 14.1. The van der Waals surface area contributed by atoms with E-state index in [1.165, 1.54) is 11.8 Å². The molecular weight excluding hydrogens is 200 g/mol. The van der Waals surface area contributed by atoms with Crippen molar-refractivity contribution in [3.63, 3.8) is 0 Å². The summed E-state index contributed by atoms with van der Waals surface area (Å²) in [5, 5.41) is 13.5. The number of hydrogen-bond donors (Lipinski definition) is 2. The number of rotatable bonds is 2. The highest BCUT2D eigenvalue weighted by Gasteiger charge is 1.96. The second kappa shape index (κ2) is 10.5. The molecule has 72 valence electrons. The van der Waals surface area contributed by atoms with Gasteiger partial charge in [0.25, 0.3) is 0 Å². The highest BCUT2D eigenvalue weighted by atomic mass is 32.2. The van der Waals surface area contributed by atoms with Gasteiger partial charge in [0.15, 0.2) is 0 Å². The smallest absolute Gasteiger partial charge is 0.367 e. The van der Waals surface area contributed by atoms with Crippen molar-refractivity contribution in [2.75, 3.05) is 12.4 Å². The molecule has 0 saturated heterocycles. The molecule has 0 rings (SSSR count). The zero-order valence-corrected chi connectivity index (χ0v) is 8.57. The van der Waals surface area contributed by atoms with Crippen molar-refractivity contribution in [2.24, 2.45) is 0 Å². The summed E-state index contributed by atoms with van der Waals surface area (Å²) in [5.41, 5.74) is 0. The number of carbonyl (C=O) groups is 1. The van der Waals surface area contributed by atoms with Crippen LogP contribution in [-0.4, -0.2) is 33.1 Å². The second-order valence-corrected chi connectivity index (χ2v) is 2.96. The van der Waals surface area contributed by atoms with Crippen molar-refractivity contribution < 1.29 is 19.7 Å². The Kier molecular flexibility index (Phi) is 12.3. The summed E-state index contributed by atoms with van der Waals surface area (Å²) in [7, 11) is 0. The van der Waals surface area contributed by atoms with Crippen LogP contribution < -0.4 is 0 Å². The Balaban J connectivity index is 0. The topological polar surface area (TPSA) is 66.8 Å². The maximum atomic E-state index is 10.4. The van der Waals surface area contributed by atoms with Crippen molar-refractivity contribution in [2.45, 2.75) is 13.8 Å². The average molecular weight is 212 g/mol. The number of carbonyl (C=O) groups excluding carboxylic acids is 1. The third-order valence-corrected chi connectivity index (χ3v) is 1.17. The van der Waals surface area contributed by atoms with E-state index in [9.17, 15) is 4.79 Å².